The molecule has 0 aliphatic heterocycles. The van der Waals surface area contributed by atoms with Crippen LogP contribution in [0.25, 0.3) is 0 Å². The topological polar surface area (TPSA) is 46.5 Å². The molecule has 0 aromatic carbocycles. The SMILES string of the molecule is CCCCC[C@H](C#CC1(O)CCCCC1)OC(C)=O. The molecular weight excluding hydrogens is 240 g/mol. The Morgan fingerprint density at radius 3 is 2.58 bits per heavy atom. The maximum absolute atomic E-state index is 11.1. The normalized spacial score (nSPS) is 19.1. The van der Waals surface area contributed by atoms with Crippen LogP contribution in [0, 0.1) is 11.8 Å². The van der Waals surface area contributed by atoms with Crippen LogP contribution in [-0.2, 0) is 9.53 Å². The Morgan fingerprint density at radius 2 is 2.00 bits per heavy atom. The summed E-state index contributed by atoms with van der Waals surface area (Å²) in [7, 11) is 0. The van der Waals surface area contributed by atoms with Gasteiger partial charge in [-0.2, -0.15) is 0 Å². The number of ether oxygens (including phenoxy) is 1. The molecule has 1 rings (SSSR count). The van der Waals surface area contributed by atoms with Gasteiger partial charge in [0.2, 0.25) is 0 Å². The molecule has 0 aromatic heterocycles. The van der Waals surface area contributed by atoms with E-state index in [4.69, 9.17) is 4.74 Å². The molecule has 0 aromatic rings. The number of carbonyl (C=O) groups excluding carboxylic acids is 1. The fourth-order valence-corrected chi connectivity index (χ4v) is 2.42. The minimum absolute atomic E-state index is 0.300. The summed E-state index contributed by atoms with van der Waals surface area (Å²) in [5.41, 5.74) is -0.860. The third kappa shape index (κ3) is 6.63. The van der Waals surface area contributed by atoms with E-state index in [9.17, 15) is 9.90 Å². The van der Waals surface area contributed by atoms with Crippen LogP contribution < -0.4 is 0 Å². The van der Waals surface area contributed by atoms with Crippen molar-refractivity contribution in [2.45, 2.75) is 83.3 Å². The van der Waals surface area contributed by atoms with Gasteiger partial charge in [-0.3, -0.25) is 4.79 Å². The molecule has 1 atom stereocenters. The van der Waals surface area contributed by atoms with Crippen molar-refractivity contribution in [3.63, 3.8) is 0 Å². The van der Waals surface area contributed by atoms with Gasteiger partial charge in [0.05, 0.1) is 0 Å². The van der Waals surface area contributed by atoms with E-state index in [1.165, 1.54) is 13.3 Å². The van der Waals surface area contributed by atoms with Crippen molar-refractivity contribution in [2.24, 2.45) is 0 Å². The van der Waals surface area contributed by atoms with E-state index in [0.29, 0.717) is 0 Å². The van der Waals surface area contributed by atoms with Crippen LogP contribution in [0.3, 0.4) is 0 Å². The average Bonchev–Trinajstić information content (AvgIpc) is 2.36. The highest BCUT2D eigenvalue weighted by Gasteiger charge is 2.26. The molecule has 1 saturated carbocycles. The zero-order valence-corrected chi connectivity index (χ0v) is 12.2. The van der Waals surface area contributed by atoms with E-state index < -0.39 is 5.60 Å². The predicted molar refractivity (Wildman–Crippen MR) is 75.5 cm³/mol. The Balaban J connectivity index is 2.56. The number of rotatable bonds is 5. The first kappa shape index (κ1) is 16.0. The van der Waals surface area contributed by atoms with Gasteiger partial charge in [-0.15, -0.1) is 0 Å². The number of aliphatic hydroxyl groups is 1. The molecule has 108 valence electrons. The minimum Gasteiger partial charge on any atom is -0.449 e. The molecule has 1 fully saturated rings. The lowest BCUT2D eigenvalue weighted by molar-refractivity contribution is -0.144. The van der Waals surface area contributed by atoms with Gasteiger partial charge in [-0.05, 0) is 38.5 Å². The second-order valence-corrected chi connectivity index (χ2v) is 5.46. The Bertz CT molecular complexity index is 332. The van der Waals surface area contributed by atoms with E-state index in [-0.39, 0.29) is 12.1 Å². The van der Waals surface area contributed by atoms with Gasteiger partial charge in [-0.1, -0.05) is 38.0 Å². The van der Waals surface area contributed by atoms with Gasteiger partial charge in [0.1, 0.15) is 5.60 Å². The highest BCUT2D eigenvalue weighted by molar-refractivity contribution is 5.66. The molecule has 1 aliphatic rings. The largest absolute Gasteiger partial charge is 0.449 e. The van der Waals surface area contributed by atoms with Crippen LogP contribution in [0.5, 0.6) is 0 Å². The molecule has 0 bridgehead atoms. The van der Waals surface area contributed by atoms with Crippen molar-refractivity contribution in [3.8, 4) is 11.8 Å². The number of carbonyl (C=O) groups is 1. The fourth-order valence-electron chi connectivity index (χ4n) is 2.42. The highest BCUT2D eigenvalue weighted by Crippen LogP contribution is 2.27. The number of hydrogen-bond acceptors (Lipinski definition) is 3. The first-order valence-electron chi connectivity index (χ1n) is 7.48. The van der Waals surface area contributed by atoms with E-state index in [0.717, 1.165) is 51.4 Å². The van der Waals surface area contributed by atoms with Crippen molar-refractivity contribution in [1.82, 2.24) is 0 Å². The second kappa shape index (κ2) is 8.22. The maximum atomic E-state index is 11.1. The summed E-state index contributed by atoms with van der Waals surface area (Å²) in [4.78, 5) is 11.1. The van der Waals surface area contributed by atoms with Gasteiger partial charge in [0.25, 0.3) is 0 Å². The molecule has 3 heteroatoms. The molecule has 0 heterocycles. The first-order chi connectivity index (χ1) is 9.06. The summed E-state index contributed by atoms with van der Waals surface area (Å²) in [5.74, 6) is 5.64. The lowest BCUT2D eigenvalue weighted by atomic mass is 9.85. The second-order valence-electron chi connectivity index (χ2n) is 5.46. The first-order valence-corrected chi connectivity index (χ1v) is 7.48. The van der Waals surface area contributed by atoms with Crippen molar-refractivity contribution in [1.29, 1.82) is 0 Å². The van der Waals surface area contributed by atoms with Gasteiger partial charge < -0.3 is 9.84 Å². The lowest BCUT2D eigenvalue weighted by Crippen LogP contribution is -2.29. The monoisotopic (exact) mass is 266 g/mol. The summed E-state index contributed by atoms with van der Waals surface area (Å²) in [6.07, 6.45) is 8.34. The average molecular weight is 266 g/mol. The minimum atomic E-state index is -0.860. The molecule has 3 nitrogen and oxygen atoms in total. The van der Waals surface area contributed by atoms with Crippen molar-refractivity contribution >= 4 is 5.97 Å². The molecule has 0 spiro atoms. The van der Waals surface area contributed by atoms with Crippen LogP contribution in [0.15, 0.2) is 0 Å². The van der Waals surface area contributed by atoms with Crippen molar-refractivity contribution in [2.75, 3.05) is 0 Å². The quantitative estimate of drug-likeness (QED) is 0.472. The Labute approximate surface area is 116 Å². The Kier molecular flexibility index (Phi) is 6.94. The summed E-state index contributed by atoms with van der Waals surface area (Å²) >= 11 is 0. The van der Waals surface area contributed by atoms with Crippen molar-refractivity contribution < 1.29 is 14.6 Å². The van der Waals surface area contributed by atoms with Gasteiger partial charge in [-0.25, -0.2) is 0 Å². The summed E-state index contributed by atoms with van der Waals surface area (Å²) < 4.78 is 5.21. The zero-order valence-electron chi connectivity index (χ0n) is 12.2. The van der Waals surface area contributed by atoms with Crippen molar-refractivity contribution in [3.05, 3.63) is 0 Å². The fraction of sp³-hybridized carbons (Fsp3) is 0.812. The molecule has 0 unspecified atom stereocenters. The predicted octanol–water partition coefficient (Wildman–Crippen LogP) is 3.20. The van der Waals surface area contributed by atoms with Crippen LogP contribution in [0.2, 0.25) is 0 Å². The number of esters is 1. The smallest absolute Gasteiger partial charge is 0.303 e. The molecule has 1 aliphatic carbocycles. The lowest BCUT2D eigenvalue weighted by Gasteiger charge is -2.26. The summed E-state index contributed by atoms with van der Waals surface area (Å²) in [6, 6.07) is 0. The molecule has 0 radical (unpaired) electrons. The third-order valence-electron chi connectivity index (χ3n) is 3.52. The number of unbranched alkanes of at least 4 members (excludes halogenated alkanes) is 2. The van der Waals surface area contributed by atoms with E-state index >= 15 is 0 Å². The number of hydrogen-bond donors (Lipinski definition) is 1. The summed E-state index contributed by atoms with van der Waals surface area (Å²) in [6.45, 7) is 3.54. The van der Waals surface area contributed by atoms with Gasteiger partial charge in [0, 0.05) is 6.92 Å². The molecule has 19 heavy (non-hydrogen) atoms. The Morgan fingerprint density at radius 1 is 1.32 bits per heavy atom. The van der Waals surface area contributed by atoms with E-state index in [1.807, 2.05) is 0 Å². The molecule has 0 amide bonds. The third-order valence-corrected chi connectivity index (χ3v) is 3.52. The maximum Gasteiger partial charge on any atom is 0.303 e. The summed E-state index contributed by atoms with van der Waals surface area (Å²) in [5, 5.41) is 10.3. The van der Waals surface area contributed by atoms with Crippen LogP contribution in [0.1, 0.15) is 71.6 Å². The van der Waals surface area contributed by atoms with Crippen LogP contribution in [0.4, 0.5) is 0 Å². The zero-order chi connectivity index (χ0) is 14.1. The highest BCUT2D eigenvalue weighted by atomic mass is 16.5. The molecule has 0 saturated heterocycles. The van der Waals surface area contributed by atoms with Crippen LogP contribution in [-0.4, -0.2) is 22.8 Å². The Hall–Kier alpha value is -1.01. The molecule has 1 N–H and O–H groups in total. The molecular formula is C16H26O3. The van der Waals surface area contributed by atoms with Gasteiger partial charge in [0.15, 0.2) is 6.10 Å². The van der Waals surface area contributed by atoms with E-state index in [2.05, 4.69) is 18.8 Å². The van der Waals surface area contributed by atoms with E-state index in [1.54, 1.807) is 0 Å². The standard InChI is InChI=1S/C16H26O3/c1-3-4-6-9-15(19-14(2)17)10-13-16(18)11-7-5-8-12-16/h15,18H,3-9,11-12H2,1-2H3/t15-/m1/s1. The van der Waals surface area contributed by atoms with Gasteiger partial charge >= 0.3 is 5.97 Å². The van der Waals surface area contributed by atoms with Crippen LogP contribution >= 0.6 is 0 Å².